The third-order valence-electron chi connectivity index (χ3n) is 2.26. The minimum atomic E-state index is -0.540. The topological polar surface area (TPSA) is 51.8 Å². The van der Waals surface area contributed by atoms with Gasteiger partial charge in [-0.15, -0.1) is 11.3 Å². The van der Waals surface area contributed by atoms with Crippen LogP contribution in [0, 0.1) is 6.92 Å². The highest BCUT2D eigenvalue weighted by molar-refractivity contribution is 7.19. The van der Waals surface area contributed by atoms with E-state index >= 15 is 0 Å². The number of hydrogen-bond acceptors (Lipinski definition) is 4. The quantitative estimate of drug-likeness (QED) is 0.908. The zero-order valence-electron chi connectivity index (χ0n) is 9.99. The van der Waals surface area contributed by atoms with Crippen molar-refractivity contribution in [3.8, 4) is 10.6 Å². The molecule has 0 aliphatic rings. The first-order valence-electron chi connectivity index (χ1n) is 5.27. The molecule has 2 aromatic heterocycles. The second kappa shape index (κ2) is 4.37. The average Bonchev–Trinajstić information content (AvgIpc) is 2.62. The van der Waals surface area contributed by atoms with Crippen LogP contribution in [0.25, 0.3) is 10.6 Å². The Balaban J connectivity index is 2.52. The molecule has 2 N–H and O–H groups in total. The highest BCUT2D eigenvalue weighted by atomic mass is 35.5. The number of nitrogens with two attached hydrogens (primary N) is 1. The van der Waals surface area contributed by atoms with Crippen LogP contribution in [0.2, 0.25) is 4.34 Å². The lowest BCUT2D eigenvalue weighted by Gasteiger charge is -2.17. The number of hydrogen-bond donors (Lipinski definition) is 1. The molecule has 0 bridgehead atoms. The summed E-state index contributed by atoms with van der Waals surface area (Å²) in [4.78, 5) is 9.91. The largest absolute Gasteiger partial charge is 0.319 e. The standard InChI is InChI=1S/C12H14ClN3S/c1-7-6-8(9-4-5-10(13)17-9)16-11(15-7)12(2,3)14/h4-6H,14H2,1-3H3. The van der Waals surface area contributed by atoms with Gasteiger partial charge in [-0.1, -0.05) is 11.6 Å². The summed E-state index contributed by atoms with van der Waals surface area (Å²) in [6.07, 6.45) is 0. The summed E-state index contributed by atoms with van der Waals surface area (Å²) in [6.45, 7) is 5.73. The van der Waals surface area contributed by atoms with Crippen molar-refractivity contribution in [2.75, 3.05) is 0 Å². The van der Waals surface area contributed by atoms with E-state index < -0.39 is 5.54 Å². The summed E-state index contributed by atoms with van der Waals surface area (Å²) < 4.78 is 0.754. The molecule has 0 unspecified atom stereocenters. The van der Waals surface area contributed by atoms with Gasteiger partial charge in [0, 0.05) is 5.69 Å². The molecule has 0 spiro atoms. The zero-order valence-corrected chi connectivity index (χ0v) is 11.6. The van der Waals surface area contributed by atoms with Crippen LogP contribution >= 0.6 is 22.9 Å². The summed E-state index contributed by atoms with van der Waals surface area (Å²) in [7, 11) is 0. The van der Waals surface area contributed by atoms with E-state index in [4.69, 9.17) is 17.3 Å². The molecule has 0 saturated carbocycles. The molecule has 0 radical (unpaired) electrons. The second-order valence-electron chi connectivity index (χ2n) is 4.54. The van der Waals surface area contributed by atoms with Gasteiger partial charge in [0.25, 0.3) is 0 Å². The Hall–Kier alpha value is -0.970. The van der Waals surface area contributed by atoms with Gasteiger partial charge in [-0.25, -0.2) is 9.97 Å². The smallest absolute Gasteiger partial charge is 0.148 e. The van der Waals surface area contributed by atoms with E-state index in [2.05, 4.69) is 9.97 Å². The van der Waals surface area contributed by atoms with Gasteiger partial charge in [0.15, 0.2) is 0 Å². The summed E-state index contributed by atoms with van der Waals surface area (Å²) in [5.74, 6) is 0.650. The Labute approximate surface area is 110 Å². The van der Waals surface area contributed by atoms with Crippen LogP contribution in [-0.4, -0.2) is 9.97 Å². The molecule has 0 aliphatic carbocycles. The van der Waals surface area contributed by atoms with Crippen LogP contribution < -0.4 is 5.73 Å². The van der Waals surface area contributed by atoms with Crippen molar-refractivity contribution in [2.45, 2.75) is 26.3 Å². The summed E-state index contributed by atoms with van der Waals surface area (Å²) in [6, 6.07) is 5.77. The van der Waals surface area contributed by atoms with E-state index in [1.54, 1.807) is 0 Å². The number of thiophene rings is 1. The maximum absolute atomic E-state index is 6.03. The number of halogens is 1. The normalized spacial score (nSPS) is 11.8. The second-order valence-corrected chi connectivity index (χ2v) is 6.26. The number of aryl methyl sites for hydroxylation is 1. The van der Waals surface area contributed by atoms with Crippen molar-refractivity contribution in [3.63, 3.8) is 0 Å². The molecule has 0 aromatic carbocycles. The van der Waals surface area contributed by atoms with Crippen molar-refractivity contribution in [2.24, 2.45) is 5.73 Å². The van der Waals surface area contributed by atoms with E-state index in [1.165, 1.54) is 11.3 Å². The number of nitrogens with zero attached hydrogens (tertiary/aromatic N) is 2. The van der Waals surface area contributed by atoms with Crippen molar-refractivity contribution < 1.29 is 0 Å². The fourth-order valence-corrected chi connectivity index (χ4v) is 2.44. The van der Waals surface area contributed by atoms with Crippen molar-refractivity contribution in [1.29, 1.82) is 0 Å². The fourth-order valence-electron chi connectivity index (χ4n) is 1.43. The van der Waals surface area contributed by atoms with Crippen molar-refractivity contribution >= 4 is 22.9 Å². The van der Waals surface area contributed by atoms with E-state index in [1.807, 2.05) is 39.0 Å². The average molecular weight is 268 g/mol. The molecular weight excluding hydrogens is 254 g/mol. The predicted octanol–water partition coefficient (Wildman–Crippen LogP) is 3.36. The van der Waals surface area contributed by atoms with E-state index in [0.29, 0.717) is 5.82 Å². The molecule has 17 heavy (non-hydrogen) atoms. The monoisotopic (exact) mass is 267 g/mol. The molecule has 0 atom stereocenters. The molecule has 90 valence electrons. The first kappa shape index (κ1) is 12.5. The molecule has 0 saturated heterocycles. The molecule has 3 nitrogen and oxygen atoms in total. The van der Waals surface area contributed by atoms with Crippen LogP contribution in [0.15, 0.2) is 18.2 Å². The van der Waals surface area contributed by atoms with Crippen LogP contribution in [0.4, 0.5) is 0 Å². The third kappa shape index (κ3) is 2.83. The SMILES string of the molecule is Cc1cc(-c2ccc(Cl)s2)nc(C(C)(C)N)n1. The van der Waals surface area contributed by atoms with Gasteiger partial charge in [-0.3, -0.25) is 0 Å². The molecule has 2 rings (SSSR count). The lowest BCUT2D eigenvalue weighted by Crippen LogP contribution is -2.31. The number of rotatable bonds is 2. The lowest BCUT2D eigenvalue weighted by atomic mass is 10.1. The fraction of sp³-hybridized carbons (Fsp3) is 0.333. The molecular formula is C12H14ClN3S. The molecule has 5 heteroatoms. The minimum Gasteiger partial charge on any atom is -0.319 e. The van der Waals surface area contributed by atoms with E-state index in [0.717, 1.165) is 20.6 Å². The Morgan fingerprint density at radius 3 is 2.53 bits per heavy atom. The van der Waals surface area contributed by atoms with Crippen LogP contribution in [0.3, 0.4) is 0 Å². The van der Waals surface area contributed by atoms with Crippen LogP contribution in [0.1, 0.15) is 25.4 Å². The van der Waals surface area contributed by atoms with E-state index in [-0.39, 0.29) is 0 Å². The van der Waals surface area contributed by atoms with Crippen LogP contribution in [-0.2, 0) is 5.54 Å². The first-order chi connectivity index (χ1) is 7.86. The van der Waals surface area contributed by atoms with Gasteiger partial charge in [0.2, 0.25) is 0 Å². The van der Waals surface area contributed by atoms with Gasteiger partial charge in [0.1, 0.15) is 5.82 Å². The first-order valence-corrected chi connectivity index (χ1v) is 6.46. The zero-order chi connectivity index (χ0) is 12.6. The van der Waals surface area contributed by atoms with E-state index in [9.17, 15) is 0 Å². The Bertz CT molecular complexity index is 543. The number of aromatic nitrogens is 2. The van der Waals surface area contributed by atoms with Crippen LogP contribution in [0.5, 0.6) is 0 Å². The molecule has 0 amide bonds. The Morgan fingerprint density at radius 1 is 1.29 bits per heavy atom. The molecule has 0 aliphatic heterocycles. The van der Waals surface area contributed by atoms with Gasteiger partial charge >= 0.3 is 0 Å². The maximum Gasteiger partial charge on any atom is 0.148 e. The van der Waals surface area contributed by atoms with Crippen molar-refractivity contribution in [1.82, 2.24) is 9.97 Å². The van der Waals surface area contributed by atoms with Gasteiger partial charge in [0.05, 0.1) is 20.4 Å². The Kier molecular flexibility index (Phi) is 3.21. The summed E-state index contributed by atoms with van der Waals surface area (Å²) >= 11 is 7.43. The highest BCUT2D eigenvalue weighted by Crippen LogP contribution is 2.30. The molecule has 0 fully saturated rings. The Morgan fingerprint density at radius 2 is 2.00 bits per heavy atom. The third-order valence-corrected chi connectivity index (χ3v) is 3.51. The highest BCUT2D eigenvalue weighted by Gasteiger charge is 2.19. The predicted molar refractivity (Wildman–Crippen MR) is 72.3 cm³/mol. The lowest BCUT2D eigenvalue weighted by molar-refractivity contribution is 0.513. The van der Waals surface area contributed by atoms with Gasteiger partial charge in [-0.2, -0.15) is 0 Å². The maximum atomic E-state index is 6.03. The summed E-state index contributed by atoms with van der Waals surface area (Å²) in [5.41, 5.74) is 7.28. The molecule has 2 aromatic rings. The summed E-state index contributed by atoms with van der Waals surface area (Å²) in [5, 5.41) is 0. The van der Waals surface area contributed by atoms with Crippen molar-refractivity contribution in [3.05, 3.63) is 34.1 Å². The van der Waals surface area contributed by atoms with Gasteiger partial charge in [-0.05, 0) is 39.0 Å². The van der Waals surface area contributed by atoms with Gasteiger partial charge < -0.3 is 5.73 Å². The minimum absolute atomic E-state index is 0.540. The molecule has 2 heterocycles.